The van der Waals surface area contributed by atoms with Crippen molar-refractivity contribution in [2.45, 2.75) is 12.8 Å². The molecular formula is C13H16N4O4. The Balaban J connectivity index is 1.97. The number of urea groups is 1. The lowest BCUT2D eigenvalue weighted by Gasteiger charge is -2.31. The average Bonchev–Trinajstić information content (AvgIpc) is 2.48. The third-order valence-electron chi connectivity index (χ3n) is 3.34. The van der Waals surface area contributed by atoms with Crippen LogP contribution in [0, 0.1) is 5.92 Å². The SMILES string of the molecule is NC(=O)C1CCCN(C(=O)Nc2ccc(C(=O)O)nc2)C1. The Kier molecular flexibility index (Phi) is 4.36. The van der Waals surface area contributed by atoms with E-state index in [0.717, 1.165) is 6.42 Å². The minimum absolute atomic E-state index is 0.0974. The van der Waals surface area contributed by atoms with Crippen LogP contribution in [0.4, 0.5) is 10.5 Å². The topological polar surface area (TPSA) is 126 Å². The molecule has 8 nitrogen and oxygen atoms in total. The Hall–Kier alpha value is -2.64. The number of likely N-dealkylation sites (tertiary alicyclic amines) is 1. The Morgan fingerprint density at radius 3 is 2.71 bits per heavy atom. The molecule has 1 aromatic rings. The van der Waals surface area contributed by atoms with Gasteiger partial charge in [-0.2, -0.15) is 0 Å². The molecule has 0 bridgehead atoms. The van der Waals surface area contributed by atoms with Crippen LogP contribution in [0.5, 0.6) is 0 Å². The summed E-state index contributed by atoms with van der Waals surface area (Å²) >= 11 is 0. The molecule has 0 aromatic carbocycles. The molecule has 3 amide bonds. The normalized spacial score (nSPS) is 18.1. The highest BCUT2D eigenvalue weighted by molar-refractivity contribution is 5.90. The van der Waals surface area contributed by atoms with Crippen molar-refractivity contribution in [1.82, 2.24) is 9.88 Å². The van der Waals surface area contributed by atoms with E-state index in [9.17, 15) is 14.4 Å². The summed E-state index contributed by atoms with van der Waals surface area (Å²) < 4.78 is 0. The highest BCUT2D eigenvalue weighted by Gasteiger charge is 2.26. The molecule has 8 heteroatoms. The number of nitrogens with two attached hydrogens (primary N) is 1. The number of aromatic nitrogens is 1. The lowest BCUT2D eigenvalue weighted by Crippen LogP contribution is -2.45. The van der Waals surface area contributed by atoms with E-state index in [1.165, 1.54) is 23.2 Å². The average molecular weight is 292 g/mol. The van der Waals surface area contributed by atoms with Gasteiger partial charge in [-0.3, -0.25) is 4.79 Å². The Bertz CT molecular complexity index is 558. The van der Waals surface area contributed by atoms with Crippen LogP contribution in [0.15, 0.2) is 18.3 Å². The Morgan fingerprint density at radius 1 is 1.38 bits per heavy atom. The Labute approximate surface area is 120 Å². The maximum Gasteiger partial charge on any atom is 0.354 e. The van der Waals surface area contributed by atoms with Gasteiger partial charge in [-0.25, -0.2) is 14.6 Å². The van der Waals surface area contributed by atoms with Crippen molar-refractivity contribution in [1.29, 1.82) is 0 Å². The highest BCUT2D eigenvalue weighted by atomic mass is 16.4. The molecule has 2 heterocycles. The van der Waals surface area contributed by atoms with Gasteiger partial charge in [-0.1, -0.05) is 0 Å². The van der Waals surface area contributed by atoms with Crippen LogP contribution in [0.1, 0.15) is 23.3 Å². The second-order valence-corrected chi connectivity index (χ2v) is 4.85. The zero-order chi connectivity index (χ0) is 15.4. The van der Waals surface area contributed by atoms with Crippen molar-refractivity contribution in [2.75, 3.05) is 18.4 Å². The first-order valence-corrected chi connectivity index (χ1v) is 6.52. The first kappa shape index (κ1) is 14.8. The smallest absolute Gasteiger partial charge is 0.354 e. The zero-order valence-corrected chi connectivity index (χ0v) is 11.3. The van der Waals surface area contributed by atoms with Gasteiger partial charge in [-0.05, 0) is 25.0 Å². The minimum atomic E-state index is -1.13. The van der Waals surface area contributed by atoms with Crippen LogP contribution in [0.2, 0.25) is 0 Å². The largest absolute Gasteiger partial charge is 0.477 e. The molecule has 1 aliphatic rings. The fraction of sp³-hybridized carbons (Fsp3) is 0.385. The quantitative estimate of drug-likeness (QED) is 0.748. The number of nitrogens with one attached hydrogen (secondary N) is 1. The van der Waals surface area contributed by atoms with Gasteiger partial charge in [0.05, 0.1) is 17.8 Å². The summed E-state index contributed by atoms with van der Waals surface area (Å²) in [4.78, 5) is 39.2. The van der Waals surface area contributed by atoms with E-state index in [1.807, 2.05) is 0 Å². The van der Waals surface area contributed by atoms with E-state index in [0.29, 0.717) is 25.2 Å². The number of hydrogen-bond acceptors (Lipinski definition) is 4. The first-order valence-electron chi connectivity index (χ1n) is 6.52. The zero-order valence-electron chi connectivity index (χ0n) is 11.3. The third kappa shape index (κ3) is 3.68. The standard InChI is InChI=1S/C13H16N4O4/c14-11(18)8-2-1-5-17(7-8)13(21)16-9-3-4-10(12(19)20)15-6-9/h3-4,6,8H,1-2,5,7H2,(H2,14,18)(H,16,21)(H,19,20). The fourth-order valence-electron chi connectivity index (χ4n) is 2.19. The monoisotopic (exact) mass is 292 g/mol. The predicted octanol–water partition coefficient (Wildman–Crippen LogP) is 0.509. The molecule has 1 unspecified atom stereocenters. The number of carboxylic acid groups (broad SMARTS) is 1. The van der Waals surface area contributed by atoms with Crippen molar-refractivity contribution < 1.29 is 19.5 Å². The first-order chi connectivity index (χ1) is 9.97. The molecule has 1 aromatic heterocycles. The van der Waals surface area contributed by atoms with Crippen molar-refractivity contribution in [3.05, 3.63) is 24.0 Å². The number of rotatable bonds is 3. The molecule has 0 saturated carbocycles. The van der Waals surface area contributed by atoms with Crippen LogP contribution in [0.25, 0.3) is 0 Å². The number of hydrogen-bond donors (Lipinski definition) is 3. The Morgan fingerprint density at radius 2 is 2.14 bits per heavy atom. The number of pyridine rings is 1. The van der Waals surface area contributed by atoms with Crippen LogP contribution < -0.4 is 11.1 Å². The van der Waals surface area contributed by atoms with Gasteiger partial charge >= 0.3 is 12.0 Å². The maximum atomic E-state index is 12.1. The summed E-state index contributed by atoms with van der Waals surface area (Å²) in [5.74, 6) is -1.86. The van der Waals surface area contributed by atoms with Crippen LogP contribution in [-0.2, 0) is 4.79 Å². The summed E-state index contributed by atoms with van der Waals surface area (Å²) in [6, 6.07) is 2.41. The molecule has 0 spiro atoms. The molecule has 112 valence electrons. The number of aromatic carboxylic acids is 1. The van der Waals surface area contributed by atoms with Gasteiger partial charge < -0.3 is 21.1 Å². The second kappa shape index (κ2) is 6.21. The number of amides is 3. The molecule has 1 atom stereocenters. The van der Waals surface area contributed by atoms with Gasteiger partial charge in [0, 0.05) is 13.1 Å². The van der Waals surface area contributed by atoms with E-state index in [4.69, 9.17) is 10.8 Å². The van der Waals surface area contributed by atoms with Crippen molar-refractivity contribution >= 4 is 23.6 Å². The van der Waals surface area contributed by atoms with Gasteiger partial charge in [-0.15, -0.1) is 0 Å². The van der Waals surface area contributed by atoms with Gasteiger partial charge in [0.25, 0.3) is 0 Å². The van der Waals surface area contributed by atoms with E-state index in [-0.39, 0.29) is 17.6 Å². The summed E-state index contributed by atoms with van der Waals surface area (Å²) in [7, 11) is 0. The van der Waals surface area contributed by atoms with E-state index < -0.39 is 11.9 Å². The number of nitrogens with zero attached hydrogens (tertiary/aromatic N) is 2. The number of carbonyl (C=O) groups is 3. The highest BCUT2D eigenvalue weighted by Crippen LogP contribution is 2.17. The number of piperidine rings is 1. The van der Waals surface area contributed by atoms with Gasteiger partial charge in [0.2, 0.25) is 5.91 Å². The van der Waals surface area contributed by atoms with E-state index in [2.05, 4.69) is 10.3 Å². The lowest BCUT2D eigenvalue weighted by molar-refractivity contribution is -0.123. The number of carboxylic acids is 1. The van der Waals surface area contributed by atoms with E-state index >= 15 is 0 Å². The van der Waals surface area contributed by atoms with Crippen LogP contribution in [-0.4, -0.2) is 46.0 Å². The molecule has 1 fully saturated rings. The molecule has 0 radical (unpaired) electrons. The fourth-order valence-corrected chi connectivity index (χ4v) is 2.19. The van der Waals surface area contributed by atoms with E-state index in [1.54, 1.807) is 0 Å². The van der Waals surface area contributed by atoms with Crippen LogP contribution in [0.3, 0.4) is 0 Å². The number of anilines is 1. The molecule has 1 saturated heterocycles. The number of primary amides is 1. The lowest BCUT2D eigenvalue weighted by atomic mass is 9.98. The third-order valence-corrected chi connectivity index (χ3v) is 3.34. The van der Waals surface area contributed by atoms with Gasteiger partial charge in [0.15, 0.2) is 0 Å². The summed E-state index contributed by atoms with van der Waals surface area (Å²) in [5, 5.41) is 11.4. The molecular weight excluding hydrogens is 276 g/mol. The van der Waals surface area contributed by atoms with Gasteiger partial charge in [0.1, 0.15) is 5.69 Å². The number of carbonyl (C=O) groups excluding carboxylic acids is 2. The summed E-state index contributed by atoms with van der Waals surface area (Å²) in [5.41, 5.74) is 5.56. The minimum Gasteiger partial charge on any atom is -0.477 e. The van der Waals surface area contributed by atoms with Crippen molar-refractivity contribution in [3.63, 3.8) is 0 Å². The molecule has 21 heavy (non-hydrogen) atoms. The molecule has 0 aliphatic carbocycles. The van der Waals surface area contributed by atoms with Crippen molar-refractivity contribution in [2.24, 2.45) is 11.7 Å². The molecule has 4 N–H and O–H groups in total. The predicted molar refractivity (Wildman–Crippen MR) is 73.7 cm³/mol. The summed E-state index contributed by atoms with van der Waals surface area (Å²) in [6.45, 7) is 0.845. The maximum absolute atomic E-state index is 12.1. The molecule has 2 rings (SSSR count). The van der Waals surface area contributed by atoms with Crippen molar-refractivity contribution in [3.8, 4) is 0 Å². The molecule has 1 aliphatic heterocycles. The second-order valence-electron chi connectivity index (χ2n) is 4.85. The van der Waals surface area contributed by atoms with Crippen LogP contribution >= 0.6 is 0 Å². The summed E-state index contributed by atoms with van der Waals surface area (Å²) in [6.07, 6.45) is 2.68.